The molecular formula is C11H14N4O. The van der Waals surface area contributed by atoms with Gasteiger partial charge in [-0.2, -0.15) is 0 Å². The van der Waals surface area contributed by atoms with Gasteiger partial charge in [-0.05, 0) is 6.92 Å². The van der Waals surface area contributed by atoms with Crippen molar-refractivity contribution in [2.75, 3.05) is 5.32 Å². The maximum Gasteiger partial charge on any atom is 0.203 e. The van der Waals surface area contributed by atoms with E-state index in [9.17, 15) is 0 Å². The van der Waals surface area contributed by atoms with Gasteiger partial charge in [0, 0.05) is 25.0 Å². The molecule has 5 nitrogen and oxygen atoms in total. The van der Waals surface area contributed by atoms with Crippen LogP contribution >= 0.6 is 0 Å². The molecule has 0 atom stereocenters. The third-order valence-electron chi connectivity index (χ3n) is 2.15. The molecule has 16 heavy (non-hydrogen) atoms. The van der Waals surface area contributed by atoms with E-state index in [4.69, 9.17) is 4.52 Å². The second-order valence-corrected chi connectivity index (χ2v) is 3.47. The summed E-state index contributed by atoms with van der Waals surface area (Å²) in [4.78, 5) is 4.20. The summed E-state index contributed by atoms with van der Waals surface area (Å²) in [5.74, 6) is 1.62. The van der Waals surface area contributed by atoms with E-state index in [2.05, 4.69) is 22.0 Å². The lowest BCUT2D eigenvalue weighted by atomic mass is 10.4. The van der Waals surface area contributed by atoms with Crippen LogP contribution in [0.2, 0.25) is 0 Å². The smallest absolute Gasteiger partial charge is 0.203 e. The van der Waals surface area contributed by atoms with E-state index in [-0.39, 0.29) is 0 Å². The first-order chi connectivity index (χ1) is 7.79. The number of hydrogen-bond donors (Lipinski definition) is 1. The first kappa shape index (κ1) is 10.5. The summed E-state index contributed by atoms with van der Waals surface area (Å²) in [6.45, 7) is 6.90. The minimum Gasteiger partial charge on any atom is -0.361 e. The number of anilines is 1. The normalized spacial score (nSPS) is 10.3. The molecule has 0 aliphatic heterocycles. The quantitative estimate of drug-likeness (QED) is 0.779. The van der Waals surface area contributed by atoms with Crippen molar-refractivity contribution in [3.63, 3.8) is 0 Å². The molecule has 0 spiro atoms. The Balaban J connectivity index is 1.98. The lowest BCUT2D eigenvalue weighted by Crippen LogP contribution is -2.06. The average Bonchev–Trinajstić information content (AvgIpc) is 2.85. The highest BCUT2D eigenvalue weighted by Crippen LogP contribution is 2.07. The molecule has 0 radical (unpaired) electrons. The maximum atomic E-state index is 4.98. The first-order valence-corrected chi connectivity index (χ1v) is 5.07. The van der Waals surface area contributed by atoms with Crippen LogP contribution in [0.5, 0.6) is 0 Å². The van der Waals surface area contributed by atoms with Gasteiger partial charge >= 0.3 is 0 Å². The zero-order valence-corrected chi connectivity index (χ0v) is 9.18. The van der Waals surface area contributed by atoms with E-state index in [1.807, 2.05) is 29.8 Å². The Morgan fingerprint density at radius 1 is 1.62 bits per heavy atom. The van der Waals surface area contributed by atoms with Crippen LogP contribution in [0.4, 0.5) is 5.95 Å². The molecule has 0 saturated carbocycles. The highest BCUT2D eigenvalue weighted by Gasteiger charge is 2.03. The van der Waals surface area contributed by atoms with Gasteiger partial charge in [0.1, 0.15) is 11.5 Å². The summed E-state index contributed by atoms with van der Waals surface area (Å²) < 4.78 is 6.95. The van der Waals surface area contributed by atoms with Gasteiger partial charge in [-0.3, -0.25) is 0 Å². The lowest BCUT2D eigenvalue weighted by Gasteiger charge is -2.05. The molecule has 0 fully saturated rings. The highest BCUT2D eigenvalue weighted by atomic mass is 16.5. The second-order valence-electron chi connectivity index (χ2n) is 3.47. The zero-order valence-electron chi connectivity index (χ0n) is 9.18. The summed E-state index contributed by atoms with van der Waals surface area (Å²) in [6.07, 6.45) is 5.48. The van der Waals surface area contributed by atoms with Crippen molar-refractivity contribution in [1.82, 2.24) is 14.7 Å². The van der Waals surface area contributed by atoms with Crippen molar-refractivity contribution < 1.29 is 4.52 Å². The van der Waals surface area contributed by atoms with Crippen molar-refractivity contribution in [3.8, 4) is 0 Å². The summed E-state index contributed by atoms with van der Waals surface area (Å²) in [5, 5.41) is 7.09. The lowest BCUT2D eigenvalue weighted by molar-refractivity contribution is 0.391. The minimum atomic E-state index is 0.603. The largest absolute Gasteiger partial charge is 0.361 e. The zero-order chi connectivity index (χ0) is 11.4. The van der Waals surface area contributed by atoms with Crippen molar-refractivity contribution in [2.24, 2.45) is 0 Å². The molecule has 0 aromatic carbocycles. The number of imidazole rings is 1. The molecule has 2 rings (SSSR count). The predicted octanol–water partition coefficient (Wildman–Crippen LogP) is 1.98. The van der Waals surface area contributed by atoms with Crippen LogP contribution in [-0.4, -0.2) is 14.7 Å². The highest BCUT2D eigenvalue weighted by molar-refractivity contribution is 5.27. The average molecular weight is 218 g/mol. The van der Waals surface area contributed by atoms with E-state index in [1.165, 1.54) is 0 Å². The molecule has 0 unspecified atom stereocenters. The van der Waals surface area contributed by atoms with Crippen LogP contribution in [0.15, 0.2) is 35.6 Å². The number of allylic oxidation sites excluding steroid dienone is 1. The molecule has 0 aliphatic carbocycles. The Hall–Kier alpha value is -2.04. The van der Waals surface area contributed by atoms with Crippen LogP contribution in [0.1, 0.15) is 11.5 Å². The van der Waals surface area contributed by atoms with Gasteiger partial charge in [-0.1, -0.05) is 11.2 Å². The summed E-state index contributed by atoms with van der Waals surface area (Å²) >= 11 is 0. The molecule has 5 heteroatoms. The van der Waals surface area contributed by atoms with Crippen molar-refractivity contribution in [3.05, 3.63) is 42.6 Å². The van der Waals surface area contributed by atoms with Gasteiger partial charge in [0.2, 0.25) is 5.95 Å². The van der Waals surface area contributed by atoms with Gasteiger partial charge < -0.3 is 14.4 Å². The van der Waals surface area contributed by atoms with Crippen molar-refractivity contribution >= 4 is 5.95 Å². The molecule has 84 valence electrons. The standard InChI is InChI=1S/C11H14N4O/c1-3-5-15-6-4-12-11(15)13-8-10-7-9(2)16-14-10/h3-4,6-7H,1,5,8H2,2H3,(H,12,13). The van der Waals surface area contributed by atoms with Gasteiger partial charge in [0.05, 0.1) is 6.54 Å². The molecule has 2 aromatic heterocycles. The van der Waals surface area contributed by atoms with Gasteiger partial charge in [-0.15, -0.1) is 6.58 Å². The predicted molar refractivity (Wildman–Crippen MR) is 61.0 cm³/mol. The number of hydrogen-bond acceptors (Lipinski definition) is 4. The van der Waals surface area contributed by atoms with Crippen LogP contribution < -0.4 is 5.32 Å². The third kappa shape index (κ3) is 2.31. The van der Waals surface area contributed by atoms with Crippen LogP contribution in [0.3, 0.4) is 0 Å². The minimum absolute atomic E-state index is 0.603. The van der Waals surface area contributed by atoms with E-state index >= 15 is 0 Å². The van der Waals surface area contributed by atoms with Gasteiger partial charge in [0.15, 0.2) is 0 Å². The van der Waals surface area contributed by atoms with Crippen LogP contribution in [-0.2, 0) is 13.1 Å². The number of aryl methyl sites for hydroxylation is 1. The van der Waals surface area contributed by atoms with Crippen molar-refractivity contribution in [1.29, 1.82) is 0 Å². The molecule has 1 N–H and O–H groups in total. The number of rotatable bonds is 5. The topological polar surface area (TPSA) is 55.9 Å². The SMILES string of the molecule is C=CCn1ccnc1NCc1cc(C)on1. The van der Waals surface area contributed by atoms with Crippen LogP contribution in [0.25, 0.3) is 0 Å². The summed E-state index contributed by atoms with van der Waals surface area (Å²) in [6, 6.07) is 1.90. The molecule has 2 aromatic rings. The Bertz CT molecular complexity index is 472. The van der Waals surface area contributed by atoms with E-state index in [0.29, 0.717) is 6.54 Å². The van der Waals surface area contributed by atoms with Gasteiger partial charge in [-0.25, -0.2) is 4.98 Å². The first-order valence-electron chi connectivity index (χ1n) is 5.07. The number of nitrogens with one attached hydrogen (secondary N) is 1. The monoisotopic (exact) mass is 218 g/mol. The summed E-state index contributed by atoms with van der Waals surface area (Å²) in [7, 11) is 0. The number of nitrogens with zero attached hydrogens (tertiary/aromatic N) is 3. The Kier molecular flexibility index (Phi) is 3.05. The Labute approximate surface area is 93.8 Å². The number of aromatic nitrogens is 3. The van der Waals surface area contributed by atoms with E-state index < -0.39 is 0 Å². The van der Waals surface area contributed by atoms with Crippen LogP contribution in [0, 0.1) is 6.92 Å². The van der Waals surface area contributed by atoms with E-state index in [0.717, 1.165) is 23.9 Å². The van der Waals surface area contributed by atoms with Crippen molar-refractivity contribution in [2.45, 2.75) is 20.0 Å². The Morgan fingerprint density at radius 2 is 2.50 bits per heavy atom. The maximum absolute atomic E-state index is 4.98. The third-order valence-corrected chi connectivity index (χ3v) is 2.15. The fourth-order valence-electron chi connectivity index (χ4n) is 1.43. The van der Waals surface area contributed by atoms with Gasteiger partial charge in [0.25, 0.3) is 0 Å². The fourth-order valence-corrected chi connectivity index (χ4v) is 1.43. The summed E-state index contributed by atoms with van der Waals surface area (Å²) in [5.41, 5.74) is 0.866. The Morgan fingerprint density at radius 3 is 3.19 bits per heavy atom. The molecule has 0 bridgehead atoms. The molecule has 0 aliphatic rings. The molecular weight excluding hydrogens is 204 g/mol. The molecule has 0 amide bonds. The molecule has 2 heterocycles. The second kappa shape index (κ2) is 4.65. The van der Waals surface area contributed by atoms with E-state index in [1.54, 1.807) is 6.20 Å². The molecule has 0 saturated heterocycles. The fraction of sp³-hybridized carbons (Fsp3) is 0.273.